The molecule has 21 heavy (non-hydrogen) atoms. The standard InChI is InChI=1S/C14H24N4.CH2O2/c1-2-12-5-6-13-15-16-14(18(13)10-7-12)11-17-8-3-4-9-17;2-1-3/h12H,2-11H2,1H3;1H,(H,2,3). The van der Waals surface area contributed by atoms with E-state index in [-0.39, 0.29) is 6.47 Å². The van der Waals surface area contributed by atoms with Gasteiger partial charge in [0, 0.05) is 13.0 Å². The number of nitrogens with zero attached hydrogens (tertiary/aromatic N) is 4. The van der Waals surface area contributed by atoms with Gasteiger partial charge in [-0.1, -0.05) is 13.3 Å². The lowest BCUT2D eigenvalue weighted by Gasteiger charge is -2.15. The van der Waals surface area contributed by atoms with Crippen molar-refractivity contribution in [1.82, 2.24) is 19.7 Å². The molecule has 0 bridgehead atoms. The van der Waals surface area contributed by atoms with Crippen molar-refractivity contribution < 1.29 is 9.90 Å². The molecule has 1 atom stereocenters. The van der Waals surface area contributed by atoms with Crippen molar-refractivity contribution in [3.8, 4) is 0 Å². The van der Waals surface area contributed by atoms with Gasteiger partial charge in [-0.3, -0.25) is 9.69 Å². The first kappa shape index (κ1) is 15.9. The summed E-state index contributed by atoms with van der Waals surface area (Å²) in [5, 5.41) is 15.7. The van der Waals surface area contributed by atoms with E-state index in [1.54, 1.807) is 0 Å². The van der Waals surface area contributed by atoms with E-state index >= 15 is 0 Å². The minimum absolute atomic E-state index is 0.250. The molecule has 1 N–H and O–H groups in total. The van der Waals surface area contributed by atoms with Crippen LogP contribution in [-0.2, 0) is 24.3 Å². The summed E-state index contributed by atoms with van der Waals surface area (Å²) >= 11 is 0. The fourth-order valence-corrected chi connectivity index (χ4v) is 3.27. The van der Waals surface area contributed by atoms with Crippen LogP contribution in [0.3, 0.4) is 0 Å². The van der Waals surface area contributed by atoms with Gasteiger partial charge in [-0.05, 0) is 44.7 Å². The van der Waals surface area contributed by atoms with Crippen LogP contribution in [0.25, 0.3) is 0 Å². The number of carboxylic acid groups (broad SMARTS) is 1. The Bertz CT molecular complexity index is 441. The van der Waals surface area contributed by atoms with Crippen LogP contribution < -0.4 is 0 Å². The maximum absolute atomic E-state index is 8.36. The number of likely N-dealkylation sites (tertiary alicyclic amines) is 1. The number of aryl methyl sites for hydroxylation is 1. The molecule has 1 aromatic heterocycles. The van der Waals surface area contributed by atoms with Crippen LogP contribution in [0, 0.1) is 5.92 Å². The molecule has 1 saturated heterocycles. The summed E-state index contributed by atoms with van der Waals surface area (Å²) in [6, 6.07) is 0. The van der Waals surface area contributed by atoms with Crippen molar-refractivity contribution >= 4 is 6.47 Å². The predicted octanol–water partition coefficient (Wildman–Crippen LogP) is 1.94. The number of rotatable bonds is 3. The van der Waals surface area contributed by atoms with Crippen LogP contribution >= 0.6 is 0 Å². The Morgan fingerprint density at radius 2 is 1.95 bits per heavy atom. The van der Waals surface area contributed by atoms with E-state index in [9.17, 15) is 0 Å². The second kappa shape index (κ2) is 8.12. The normalized spacial score (nSPS) is 22.0. The smallest absolute Gasteiger partial charge is 0.290 e. The monoisotopic (exact) mass is 294 g/mol. The van der Waals surface area contributed by atoms with Gasteiger partial charge >= 0.3 is 0 Å². The molecule has 0 radical (unpaired) electrons. The maximum Gasteiger partial charge on any atom is 0.290 e. The minimum atomic E-state index is -0.250. The van der Waals surface area contributed by atoms with Gasteiger partial charge in [0.05, 0.1) is 6.54 Å². The van der Waals surface area contributed by atoms with Gasteiger partial charge in [-0.25, -0.2) is 0 Å². The predicted molar refractivity (Wildman–Crippen MR) is 79.9 cm³/mol. The lowest BCUT2D eigenvalue weighted by Crippen LogP contribution is -2.21. The van der Waals surface area contributed by atoms with Crippen LogP contribution in [0.2, 0.25) is 0 Å². The molecule has 1 aromatic rings. The van der Waals surface area contributed by atoms with Gasteiger partial charge in [-0.2, -0.15) is 0 Å². The van der Waals surface area contributed by atoms with Crippen LogP contribution in [0.4, 0.5) is 0 Å². The molecule has 0 aromatic carbocycles. The molecule has 0 spiro atoms. The van der Waals surface area contributed by atoms with Crippen LogP contribution in [0.1, 0.15) is 50.7 Å². The largest absolute Gasteiger partial charge is 0.483 e. The summed E-state index contributed by atoms with van der Waals surface area (Å²) in [5.74, 6) is 3.30. The van der Waals surface area contributed by atoms with Crippen molar-refractivity contribution in [2.45, 2.75) is 58.5 Å². The zero-order valence-electron chi connectivity index (χ0n) is 12.9. The van der Waals surface area contributed by atoms with E-state index in [4.69, 9.17) is 9.90 Å². The molecule has 0 amide bonds. The lowest BCUT2D eigenvalue weighted by atomic mass is 9.98. The van der Waals surface area contributed by atoms with E-state index in [0.717, 1.165) is 25.4 Å². The zero-order valence-corrected chi connectivity index (χ0v) is 12.9. The Morgan fingerprint density at radius 3 is 2.62 bits per heavy atom. The van der Waals surface area contributed by atoms with Gasteiger partial charge in [0.15, 0.2) is 0 Å². The Morgan fingerprint density at radius 1 is 1.24 bits per heavy atom. The quantitative estimate of drug-likeness (QED) is 0.863. The van der Waals surface area contributed by atoms with E-state index in [2.05, 4.69) is 26.6 Å². The molecule has 2 aliphatic rings. The molecule has 1 unspecified atom stereocenters. The van der Waals surface area contributed by atoms with E-state index in [1.165, 1.54) is 56.8 Å². The molecule has 6 nitrogen and oxygen atoms in total. The van der Waals surface area contributed by atoms with Crippen molar-refractivity contribution in [3.05, 3.63) is 11.6 Å². The highest BCUT2D eigenvalue weighted by molar-refractivity contribution is 5.32. The highest BCUT2D eigenvalue weighted by Crippen LogP contribution is 2.23. The summed E-state index contributed by atoms with van der Waals surface area (Å²) < 4.78 is 2.40. The van der Waals surface area contributed by atoms with E-state index in [0.29, 0.717) is 0 Å². The Balaban J connectivity index is 0.000000497. The highest BCUT2D eigenvalue weighted by Gasteiger charge is 2.21. The number of aromatic nitrogens is 3. The average molecular weight is 294 g/mol. The minimum Gasteiger partial charge on any atom is -0.483 e. The number of carbonyl (C=O) groups is 1. The van der Waals surface area contributed by atoms with Gasteiger partial charge in [0.2, 0.25) is 0 Å². The van der Waals surface area contributed by atoms with E-state index in [1.807, 2.05) is 0 Å². The summed E-state index contributed by atoms with van der Waals surface area (Å²) in [5.41, 5.74) is 0. The van der Waals surface area contributed by atoms with Crippen LogP contribution in [-0.4, -0.2) is 44.3 Å². The Labute approximate surface area is 126 Å². The average Bonchev–Trinajstić information content (AvgIpc) is 3.07. The third kappa shape index (κ3) is 4.27. The molecule has 3 heterocycles. The van der Waals surface area contributed by atoms with Crippen molar-refractivity contribution in [1.29, 1.82) is 0 Å². The molecule has 3 rings (SSSR count). The number of hydrogen-bond acceptors (Lipinski definition) is 4. The second-order valence-corrected chi connectivity index (χ2v) is 5.87. The van der Waals surface area contributed by atoms with Gasteiger partial charge in [0.25, 0.3) is 6.47 Å². The molecule has 118 valence electrons. The SMILES string of the molecule is CCC1CCc2nnc(CN3CCCC3)n2CC1.O=CO. The number of hydrogen-bond donors (Lipinski definition) is 1. The third-order valence-corrected chi connectivity index (χ3v) is 4.58. The van der Waals surface area contributed by atoms with Gasteiger partial charge < -0.3 is 9.67 Å². The first-order valence-corrected chi connectivity index (χ1v) is 7.99. The molecule has 0 saturated carbocycles. The molecule has 6 heteroatoms. The zero-order chi connectivity index (χ0) is 15.1. The van der Waals surface area contributed by atoms with Crippen LogP contribution in [0.15, 0.2) is 0 Å². The van der Waals surface area contributed by atoms with E-state index < -0.39 is 0 Å². The summed E-state index contributed by atoms with van der Waals surface area (Å²) in [7, 11) is 0. The van der Waals surface area contributed by atoms with Crippen molar-refractivity contribution in [2.75, 3.05) is 13.1 Å². The molecule has 2 aliphatic heterocycles. The summed E-state index contributed by atoms with van der Waals surface area (Å²) in [6.07, 6.45) is 7.70. The molecular weight excluding hydrogens is 268 g/mol. The molecule has 1 fully saturated rings. The fourth-order valence-electron chi connectivity index (χ4n) is 3.27. The summed E-state index contributed by atoms with van der Waals surface area (Å²) in [6.45, 7) is 6.66. The van der Waals surface area contributed by atoms with Gasteiger partial charge in [0.1, 0.15) is 11.6 Å². The maximum atomic E-state index is 8.36. The first-order valence-electron chi connectivity index (χ1n) is 7.99. The fraction of sp³-hybridized carbons (Fsp3) is 0.800. The lowest BCUT2D eigenvalue weighted by molar-refractivity contribution is -0.122. The summed E-state index contributed by atoms with van der Waals surface area (Å²) in [4.78, 5) is 10.9. The Hall–Kier alpha value is -1.43. The van der Waals surface area contributed by atoms with Gasteiger partial charge in [-0.15, -0.1) is 10.2 Å². The third-order valence-electron chi connectivity index (χ3n) is 4.58. The Kier molecular flexibility index (Phi) is 6.17. The second-order valence-electron chi connectivity index (χ2n) is 5.87. The van der Waals surface area contributed by atoms with Crippen LogP contribution in [0.5, 0.6) is 0 Å². The first-order chi connectivity index (χ1) is 10.3. The van der Waals surface area contributed by atoms with Crippen molar-refractivity contribution in [3.63, 3.8) is 0 Å². The number of fused-ring (bicyclic) bond motifs is 1. The topological polar surface area (TPSA) is 71.2 Å². The van der Waals surface area contributed by atoms with Crippen molar-refractivity contribution in [2.24, 2.45) is 5.92 Å². The molecular formula is C15H26N4O2. The molecule has 0 aliphatic carbocycles. The highest BCUT2D eigenvalue weighted by atomic mass is 16.3.